The predicted molar refractivity (Wildman–Crippen MR) is 71.6 cm³/mol. The third kappa shape index (κ3) is 2.46. The van der Waals surface area contributed by atoms with Crippen LogP contribution < -0.4 is 5.32 Å². The van der Waals surface area contributed by atoms with Gasteiger partial charge in [0.2, 0.25) is 0 Å². The van der Waals surface area contributed by atoms with Gasteiger partial charge in [-0.25, -0.2) is 4.98 Å². The number of hydrogen-bond donors (Lipinski definition) is 1. The highest BCUT2D eigenvalue weighted by molar-refractivity contribution is 5.10. The van der Waals surface area contributed by atoms with E-state index in [0.717, 1.165) is 43.0 Å². The number of hydrogen-bond acceptors (Lipinski definition) is 3. The van der Waals surface area contributed by atoms with Crippen molar-refractivity contribution >= 4 is 0 Å². The Morgan fingerprint density at radius 1 is 1.33 bits per heavy atom. The van der Waals surface area contributed by atoms with Crippen molar-refractivity contribution < 1.29 is 4.42 Å². The lowest BCUT2D eigenvalue weighted by Gasteiger charge is -2.18. The van der Waals surface area contributed by atoms with Gasteiger partial charge in [-0.1, -0.05) is 13.3 Å². The van der Waals surface area contributed by atoms with Crippen molar-refractivity contribution in [2.75, 3.05) is 13.1 Å². The lowest BCUT2D eigenvalue weighted by Crippen LogP contribution is -2.17. The topological polar surface area (TPSA) is 38.1 Å². The first-order valence-corrected chi connectivity index (χ1v) is 7.52. The number of rotatable bonds is 6. The van der Waals surface area contributed by atoms with E-state index in [-0.39, 0.29) is 0 Å². The molecule has 18 heavy (non-hydrogen) atoms. The Kier molecular flexibility index (Phi) is 3.69. The van der Waals surface area contributed by atoms with Crippen LogP contribution in [0.1, 0.15) is 56.6 Å². The van der Waals surface area contributed by atoms with E-state index in [4.69, 9.17) is 4.42 Å². The second kappa shape index (κ2) is 5.43. The van der Waals surface area contributed by atoms with Crippen molar-refractivity contribution in [1.29, 1.82) is 0 Å². The molecule has 0 radical (unpaired) electrons. The largest absolute Gasteiger partial charge is 0.445 e. The SMILES string of the molecule is CCCNCCc1ncc(C2CC3CCC2C3)o1. The Balaban J connectivity index is 1.53. The highest BCUT2D eigenvalue weighted by Gasteiger charge is 2.41. The van der Waals surface area contributed by atoms with Crippen LogP contribution in [0, 0.1) is 11.8 Å². The molecule has 1 aromatic heterocycles. The van der Waals surface area contributed by atoms with Gasteiger partial charge in [0.1, 0.15) is 5.76 Å². The average Bonchev–Trinajstić information content (AvgIpc) is 3.09. The summed E-state index contributed by atoms with van der Waals surface area (Å²) in [5.41, 5.74) is 0. The summed E-state index contributed by atoms with van der Waals surface area (Å²) in [6.45, 7) is 4.25. The summed E-state index contributed by atoms with van der Waals surface area (Å²) in [5.74, 6) is 4.60. The first-order valence-electron chi connectivity index (χ1n) is 7.52. The molecule has 0 saturated heterocycles. The lowest BCUT2D eigenvalue weighted by molar-refractivity contribution is 0.343. The van der Waals surface area contributed by atoms with Gasteiger partial charge in [0, 0.05) is 18.9 Å². The molecule has 3 nitrogen and oxygen atoms in total. The summed E-state index contributed by atoms with van der Waals surface area (Å²) < 4.78 is 5.95. The summed E-state index contributed by atoms with van der Waals surface area (Å²) in [5, 5.41) is 3.39. The van der Waals surface area contributed by atoms with Crippen molar-refractivity contribution in [2.24, 2.45) is 11.8 Å². The van der Waals surface area contributed by atoms with Gasteiger partial charge in [-0.3, -0.25) is 0 Å². The van der Waals surface area contributed by atoms with Crippen molar-refractivity contribution in [3.05, 3.63) is 17.8 Å². The molecule has 2 saturated carbocycles. The Bertz CT molecular complexity index is 388. The zero-order chi connectivity index (χ0) is 12.4. The van der Waals surface area contributed by atoms with E-state index >= 15 is 0 Å². The van der Waals surface area contributed by atoms with Crippen LogP contribution >= 0.6 is 0 Å². The number of oxazole rings is 1. The molecule has 0 aliphatic heterocycles. The maximum atomic E-state index is 5.95. The average molecular weight is 248 g/mol. The Hall–Kier alpha value is -0.830. The molecule has 3 atom stereocenters. The molecule has 0 amide bonds. The standard InChI is InChI=1S/C15H24N2O/c1-2-6-16-7-5-15-17-10-14(18-15)13-9-11-3-4-12(13)8-11/h10-13,16H,2-9H2,1H3. The van der Waals surface area contributed by atoms with E-state index in [9.17, 15) is 0 Å². The summed E-state index contributed by atoms with van der Waals surface area (Å²) >= 11 is 0. The van der Waals surface area contributed by atoms with Crippen molar-refractivity contribution in [3.63, 3.8) is 0 Å². The van der Waals surface area contributed by atoms with Crippen molar-refractivity contribution in [3.8, 4) is 0 Å². The maximum absolute atomic E-state index is 5.95. The summed E-state index contributed by atoms with van der Waals surface area (Å²) in [7, 11) is 0. The second-order valence-electron chi connectivity index (χ2n) is 5.94. The van der Waals surface area contributed by atoms with Crippen LogP contribution in [0.4, 0.5) is 0 Å². The number of aromatic nitrogens is 1. The molecular formula is C15H24N2O. The van der Waals surface area contributed by atoms with Gasteiger partial charge in [-0.2, -0.15) is 0 Å². The normalized spacial score (nSPS) is 30.2. The molecular weight excluding hydrogens is 224 g/mol. The highest BCUT2D eigenvalue weighted by Crippen LogP contribution is 2.52. The van der Waals surface area contributed by atoms with E-state index in [1.165, 1.54) is 32.1 Å². The molecule has 100 valence electrons. The van der Waals surface area contributed by atoms with Gasteiger partial charge in [-0.05, 0) is 44.1 Å². The summed E-state index contributed by atoms with van der Waals surface area (Å²) in [6, 6.07) is 0. The molecule has 0 aromatic carbocycles. The minimum atomic E-state index is 0.675. The Morgan fingerprint density at radius 2 is 2.28 bits per heavy atom. The zero-order valence-electron chi connectivity index (χ0n) is 11.3. The third-order valence-electron chi connectivity index (χ3n) is 4.62. The minimum Gasteiger partial charge on any atom is -0.445 e. The molecule has 3 heteroatoms. The van der Waals surface area contributed by atoms with Crippen molar-refractivity contribution in [1.82, 2.24) is 10.3 Å². The molecule has 1 aromatic rings. The lowest BCUT2D eigenvalue weighted by atomic mass is 9.87. The van der Waals surface area contributed by atoms with E-state index < -0.39 is 0 Å². The molecule has 2 aliphatic rings. The van der Waals surface area contributed by atoms with E-state index in [1.54, 1.807) is 0 Å². The highest BCUT2D eigenvalue weighted by atomic mass is 16.4. The van der Waals surface area contributed by atoms with Gasteiger partial charge < -0.3 is 9.73 Å². The quantitative estimate of drug-likeness (QED) is 0.786. The van der Waals surface area contributed by atoms with Crippen LogP contribution in [-0.4, -0.2) is 18.1 Å². The first-order chi connectivity index (χ1) is 8.86. The van der Waals surface area contributed by atoms with Crippen LogP contribution in [0.2, 0.25) is 0 Å². The van der Waals surface area contributed by atoms with Crippen LogP contribution in [0.15, 0.2) is 10.6 Å². The molecule has 0 spiro atoms. The molecule has 2 aliphatic carbocycles. The molecule has 2 bridgehead atoms. The Labute approximate surface area is 109 Å². The summed E-state index contributed by atoms with van der Waals surface area (Å²) in [4.78, 5) is 4.44. The van der Waals surface area contributed by atoms with E-state index in [1.807, 2.05) is 6.20 Å². The molecule has 1 heterocycles. The fraction of sp³-hybridized carbons (Fsp3) is 0.800. The van der Waals surface area contributed by atoms with Gasteiger partial charge in [0.25, 0.3) is 0 Å². The number of nitrogens with zero attached hydrogens (tertiary/aromatic N) is 1. The minimum absolute atomic E-state index is 0.675. The summed E-state index contributed by atoms with van der Waals surface area (Å²) in [6.07, 6.45) is 9.71. The van der Waals surface area contributed by atoms with Gasteiger partial charge in [0.05, 0.1) is 6.20 Å². The zero-order valence-corrected chi connectivity index (χ0v) is 11.3. The van der Waals surface area contributed by atoms with Gasteiger partial charge >= 0.3 is 0 Å². The van der Waals surface area contributed by atoms with Crippen LogP contribution in [0.25, 0.3) is 0 Å². The fourth-order valence-electron chi connectivity index (χ4n) is 3.70. The number of nitrogens with one attached hydrogen (secondary N) is 1. The molecule has 3 unspecified atom stereocenters. The van der Waals surface area contributed by atoms with Gasteiger partial charge in [0.15, 0.2) is 5.89 Å². The predicted octanol–water partition coefficient (Wildman–Crippen LogP) is 3.12. The van der Waals surface area contributed by atoms with Crippen molar-refractivity contribution in [2.45, 2.75) is 51.4 Å². The smallest absolute Gasteiger partial charge is 0.195 e. The Morgan fingerprint density at radius 3 is 3.00 bits per heavy atom. The third-order valence-corrected chi connectivity index (χ3v) is 4.62. The first kappa shape index (κ1) is 12.2. The number of fused-ring (bicyclic) bond motifs is 2. The van der Waals surface area contributed by atoms with E-state index in [2.05, 4.69) is 17.2 Å². The maximum Gasteiger partial charge on any atom is 0.195 e. The van der Waals surface area contributed by atoms with Crippen LogP contribution in [0.3, 0.4) is 0 Å². The molecule has 3 rings (SSSR count). The molecule has 2 fully saturated rings. The van der Waals surface area contributed by atoms with E-state index in [0.29, 0.717) is 5.92 Å². The van der Waals surface area contributed by atoms with Crippen LogP contribution in [0.5, 0.6) is 0 Å². The van der Waals surface area contributed by atoms with Crippen LogP contribution in [-0.2, 0) is 6.42 Å². The monoisotopic (exact) mass is 248 g/mol. The fourth-order valence-corrected chi connectivity index (χ4v) is 3.70. The molecule has 1 N–H and O–H groups in total. The van der Waals surface area contributed by atoms with Gasteiger partial charge in [-0.15, -0.1) is 0 Å². The second-order valence-corrected chi connectivity index (χ2v) is 5.94.